The topological polar surface area (TPSA) is 59.9 Å². The summed E-state index contributed by atoms with van der Waals surface area (Å²) in [7, 11) is 0. The van der Waals surface area contributed by atoms with Crippen molar-refractivity contribution in [2.75, 3.05) is 6.61 Å². The zero-order valence-corrected chi connectivity index (χ0v) is 15.4. The van der Waals surface area contributed by atoms with E-state index in [9.17, 15) is 13.6 Å². The molecule has 0 unspecified atom stereocenters. The van der Waals surface area contributed by atoms with Gasteiger partial charge >= 0.3 is 6.61 Å². The first-order valence-electron chi connectivity index (χ1n) is 8.45. The molecule has 0 fully saturated rings. The van der Waals surface area contributed by atoms with Crippen LogP contribution < -0.4 is 14.9 Å². The predicted octanol–water partition coefficient (Wildman–Crippen LogP) is 4.25. The Morgan fingerprint density at radius 2 is 1.89 bits per heavy atom. The first-order chi connectivity index (χ1) is 12.8. The van der Waals surface area contributed by atoms with Crippen molar-refractivity contribution in [3.8, 4) is 11.5 Å². The van der Waals surface area contributed by atoms with Gasteiger partial charge in [-0.15, -0.1) is 0 Å². The Morgan fingerprint density at radius 3 is 2.52 bits per heavy atom. The van der Waals surface area contributed by atoms with E-state index in [1.807, 2.05) is 25.1 Å². The van der Waals surface area contributed by atoms with E-state index < -0.39 is 12.5 Å². The molecule has 2 aromatic carbocycles. The molecule has 0 aromatic heterocycles. The minimum atomic E-state index is -2.87. The fourth-order valence-corrected chi connectivity index (χ4v) is 2.33. The number of hydrogen-bond acceptors (Lipinski definition) is 4. The van der Waals surface area contributed by atoms with Crippen LogP contribution >= 0.6 is 0 Å². The molecule has 0 aliphatic rings. The summed E-state index contributed by atoms with van der Waals surface area (Å²) < 4.78 is 34.1. The van der Waals surface area contributed by atoms with E-state index in [4.69, 9.17) is 4.74 Å². The Balaban J connectivity index is 1.86. The minimum Gasteiger partial charge on any atom is -0.483 e. The van der Waals surface area contributed by atoms with Crippen molar-refractivity contribution in [2.45, 2.75) is 33.3 Å². The highest BCUT2D eigenvalue weighted by Gasteiger charge is 2.10. The molecule has 144 valence electrons. The highest BCUT2D eigenvalue weighted by Crippen LogP contribution is 2.27. The molecule has 0 saturated heterocycles. The summed E-state index contributed by atoms with van der Waals surface area (Å²) in [6, 6.07) is 11.8. The molecule has 7 heteroatoms. The number of nitrogens with zero attached hydrogens (tertiary/aromatic N) is 1. The van der Waals surface area contributed by atoms with Gasteiger partial charge in [-0.3, -0.25) is 4.79 Å². The van der Waals surface area contributed by atoms with E-state index in [1.165, 1.54) is 18.3 Å². The van der Waals surface area contributed by atoms with Gasteiger partial charge in [0.2, 0.25) is 0 Å². The van der Waals surface area contributed by atoms with Gasteiger partial charge in [0.15, 0.2) is 6.61 Å². The van der Waals surface area contributed by atoms with Gasteiger partial charge in [0.05, 0.1) is 6.21 Å². The van der Waals surface area contributed by atoms with Gasteiger partial charge in [0.1, 0.15) is 11.5 Å². The monoisotopic (exact) mass is 376 g/mol. The van der Waals surface area contributed by atoms with Crippen LogP contribution in [-0.2, 0) is 4.79 Å². The predicted molar refractivity (Wildman–Crippen MR) is 99.6 cm³/mol. The van der Waals surface area contributed by atoms with Gasteiger partial charge in [-0.05, 0) is 59.9 Å². The molecular formula is C20H22F2N2O3. The Kier molecular flexibility index (Phi) is 7.28. The molecule has 1 N–H and O–H groups in total. The molecule has 0 atom stereocenters. The average molecular weight is 376 g/mol. The summed E-state index contributed by atoms with van der Waals surface area (Å²) in [5.74, 6) is 0.608. The Morgan fingerprint density at radius 1 is 1.19 bits per heavy atom. The standard InChI is InChI=1S/C20H22F2N2O3/c1-13(2)17-9-4-14(3)10-18(17)26-12-19(25)24-23-11-15-5-7-16(8-6-15)27-20(21)22/h4-11,13,20H,12H2,1-3H3,(H,24,25)/b23-11+. The normalized spacial score (nSPS) is 11.2. The van der Waals surface area contributed by atoms with Crippen LogP contribution in [-0.4, -0.2) is 25.3 Å². The number of carbonyl (C=O) groups is 1. The number of aryl methyl sites for hydroxylation is 1. The number of ether oxygens (including phenoxy) is 2. The van der Waals surface area contributed by atoms with E-state index in [1.54, 1.807) is 12.1 Å². The van der Waals surface area contributed by atoms with Crippen LogP contribution in [0.15, 0.2) is 47.6 Å². The SMILES string of the molecule is Cc1ccc(C(C)C)c(OCC(=O)N/N=C/c2ccc(OC(F)F)cc2)c1. The molecule has 0 aliphatic heterocycles. The third kappa shape index (κ3) is 6.69. The molecule has 5 nitrogen and oxygen atoms in total. The van der Waals surface area contributed by atoms with Gasteiger partial charge < -0.3 is 9.47 Å². The molecule has 0 heterocycles. The second-order valence-corrected chi connectivity index (χ2v) is 6.23. The molecule has 0 saturated carbocycles. The van der Waals surface area contributed by atoms with Crippen LogP contribution in [0.1, 0.15) is 36.5 Å². The zero-order valence-electron chi connectivity index (χ0n) is 15.4. The molecule has 2 rings (SSSR count). The lowest BCUT2D eigenvalue weighted by molar-refractivity contribution is -0.123. The number of alkyl halides is 2. The first kappa shape index (κ1) is 20.4. The van der Waals surface area contributed by atoms with E-state index >= 15 is 0 Å². The van der Waals surface area contributed by atoms with E-state index in [0.29, 0.717) is 11.3 Å². The molecule has 27 heavy (non-hydrogen) atoms. The lowest BCUT2D eigenvalue weighted by Gasteiger charge is -2.14. The van der Waals surface area contributed by atoms with Crippen molar-refractivity contribution in [1.29, 1.82) is 0 Å². The van der Waals surface area contributed by atoms with Crippen LogP contribution in [0.25, 0.3) is 0 Å². The second-order valence-electron chi connectivity index (χ2n) is 6.23. The van der Waals surface area contributed by atoms with Crippen LogP contribution in [0.5, 0.6) is 11.5 Å². The molecule has 2 aromatic rings. The third-order valence-corrected chi connectivity index (χ3v) is 3.66. The number of nitrogens with one attached hydrogen (secondary N) is 1. The van der Waals surface area contributed by atoms with Crippen molar-refractivity contribution in [2.24, 2.45) is 5.10 Å². The third-order valence-electron chi connectivity index (χ3n) is 3.66. The second kappa shape index (κ2) is 9.66. The number of hydrogen-bond donors (Lipinski definition) is 1. The Labute approximate surface area is 157 Å². The molecule has 0 radical (unpaired) electrons. The summed E-state index contributed by atoms with van der Waals surface area (Å²) in [5.41, 5.74) is 5.07. The fraction of sp³-hybridized carbons (Fsp3) is 0.300. The van der Waals surface area contributed by atoms with Crippen molar-refractivity contribution in [1.82, 2.24) is 5.43 Å². The summed E-state index contributed by atoms with van der Waals surface area (Å²) >= 11 is 0. The highest BCUT2D eigenvalue weighted by atomic mass is 19.3. The van der Waals surface area contributed by atoms with Gasteiger partial charge in [-0.25, -0.2) is 5.43 Å². The van der Waals surface area contributed by atoms with Gasteiger partial charge in [-0.2, -0.15) is 13.9 Å². The molecule has 0 spiro atoms. The van der Waals surface area contributed by atoms with Crippen LogP contribution in [0.3, 0.4) is 0 Å². The summed E-state index contributed by atoms with van der Waals surface area (Å²) in [4.78, 5) is 11.9. The number of rotatable bonds is 8. The zero-order chi connectivity index (χ0) is 19.8. The smallest absolute Gasteiger partial charge is 0.387 e. The number of carbonyl (C=O) groups excluding carboxylic acids is 1. The van der Waals surface area contributed by atoms with Crippen molar-refractivity contribution in [3.63, 3.8) is 0 Å². The maximum absolute atomic E-state index is 12.1. The largest absolute Gasteiger partial charge is 0.483 e. The fourth-order valence-electron chi connectivity index (χ4n) is 2.33. The minimum absolute atomic E-state index is 0.0543. The summed E-state index contributed by atoms with van der Waals surface area (Å²) in [6.45, 7) is 3.04. The lowest BCUT2D eigenvalue weighted by Crippen LogP contribution is -2.25. The van der Waals surface area contributed by atoms with Crippen molar-refractivity contribution >= 4 is 12.1 Å². The van der Waals surface area contributed by atoms with Gasteiger partial charge in [0.25, 0.3) is 5.91 Å². The van der Waals surface area contributed by atoms with E-state index in [2.05, 4.69) is 29.1 Å². The Bertz CT molecular complexity index is 790. The molecule has 0 aliphatic carbocycles. The van der Waals surface area contributed by atoms with Crippen LogP contribution in [0, 0.1) is 6.92 Å². The van der Waals surface area contributed by atoms with Crippen molar-refractivity contribution in [3.05, 3.63) is 59.2 Å². The average Bonchev–Trinajstić information content (AvgIpc) is 2.61. The first-order valence-corrected chi connectivity index (χ1v) is 8.45. The van der Waals surface area contributed by atoms with Gasteiger partial charge in [-0.1, -0.05) is 26.0 Å². The van der Waals surface area contributed by atoms with Crippen LogP contribution in [0.2, 0.25) is 0 Å². The number of hydrazone groups is 1. The molecule has 0 bridgehead atoms. The highest BCUT2D eigenvalue weighted by molar-refractivity contribution is 5.83. The number of amides is 1. The maximum Gasteiger partial charge on any atom is 0.387 e. The maximum atomic E-state index is 12.1. The number of halogens is 2. The van der Waals surface area contributed by atoms with Gasteiger partial charge in [0, 0.05) is 0 Å². The number of benzene rings is 2. The molecular weight excluding hydrogens is 354 g/mol. The van der Waals surface area contributed by atoms with Crippen molar-refractivity contribution < 1.29 is 23.0 Å². The summed E-state index contributed by atoms with van der Waals surface area (Å²) in [5, 5.41) is 3.83. The van der Waals surface area contributed by atoms with E-state index in [-0.39, 0.29) is 18.3 Å². The van der Waals surface area contributed by atoms with E-state index in [0.717, 1.165) is 11.1 Å². The van der Waals surface area contributed by atoms with Crippen LogP contribution in [0.4, 0.5) is 8.78 Å². The quantitative estimate of drug-likeness (QED) is 0.553. The Hall–Kier alpha value is -2.96. The lowest BCUT2D eigenvalue weighted by atomic mass is 10.0. The molecule has 1 amide bonds. The summed E-state index contributed by atoms with van der Waals surface area (Å²) in [6.07, 6.45) is 1.40.